The fourth-order valence-electron chi connectivity index (χ4n) is 5.48. The van der Waals surface area contributed by atoms with E-state index in [-0.39, 0.29) is 5.91 Å². The zero-order valence-electron chi connectivity index (χ0n) is 20.0. The standard InChI is InChI=1S/C30H23N3O2S/c1-17-31-24-9-5-3-7-22(24)28-27(23-8-4-6-10-25(23)33(17)28)32-30(34)26-16-19-12-11-18-15-20(35-2)13-14-21(18)29(19)36-26/h3-10,13-16H,11-12H2,1-2H3,(H,32,34). The number of aromatic nitrogens is 2. The molecule has 3 aromatic heterocycles. The number of nitrogens with zero attached hydrogens (tertiary/aromatic N) is 2. The van der Waals surface area contributed by atoms with Crippen LogP contribution < -0.4 is 10.1 Å². The van der Waals surface area contributed by atoms with E-state index in [1.807, 2.05) is 43.3 Å². The first-order chi connectivity index (χ1) is 17.6. The number of carbonyl (C=O) groups is 1. The highest BCUT2D eigenvalue weighted by molar-refractivity contribution is 7.17. The quantitative estimate of drug-likeness (QED) is 0.290. The highest BCUT2D eigenvalue weighted by Crippen LogP contribution is 2.42. The largest absolute Gasteiger partial charge is 0.497 e. The molecule has 176 valence electrons. The maximum atomic E-state index is 13.7. The summed E-state index contributed by atoms with van der Waals surface area (Å²) < 4.78 is 7.56. The van der Waals surface area contributed by atoms with Crippen molar-refractivity contribution in [1.82, 2.24) is 9.38 Å². The molecular formula is C30H23N3O2S. The Balaban J connectivity index is 1.36. The molecule has 0 bridgehead atoms. The van der Waals surface area contributed by atoms with E-state index in [1.165, 1.54) is 21.6 Å². The number of benzene rings is 3. The Labute approximate surface area is 212 Å². The van der Waals surface area contributed by atoms with E-state index >= 15 is 0 Å². The zero-order valence-corrected chi connectivity index (χ0v) is 20.8. The first-order valence-electron chi connectivity index (χ1n) is 12.0. The molecule has 0 fully saturated rings. The van der Waals surface area contributed by atoms with Crippen LogP contribution in [0, 0.1) is 6.92 Å². The van der Waals surface area contributed by atoms with Gasteiger partial charge in [0, 0.05) is 15.6 Å². The van der Waals surface area contributed by atoms with Crippen LogP contribution in [0.15, 0.2) is 72.8 Å². The second-order valence-corrected chi connectivity index (χ2v) is 10.2. The van der Waals surface area contributed by atoms with Crippen LogP contribution in [0.1, 0.15) is 26.6 Å². The minimum atomic E-state index is -0.0822. The number of anilines is 1. The Hall–Kier alpha value is -4.16. The summed E-state index contributed by atoms with van der Waals surface area (Å²) in [6, 6.07) is 24.6. The maximum Gasteiger partial charge on any atom is 0.265 e. The number of hydrogen-bond acceptors (Lipinski definition) is 4. The third kappa shape index (κ3) is 3.08. The molecule has 6 heteroatoms. The third-order valence-corrected chi connectivity index (χ3v) is 8.34. The summed E-state index contributed by atoms with van der Waals surface area (Å²) in [4.78, 5) is 20.4. The van der Waals surface area contributed by atoms with Crippen LogP contribution in [0.25, 0.3) is 37.8 Å². The summed E-state index contributed by atoms with van der Waals surface area (Å²) in [6.07, 6.45) is 1.87. The van der Waals surface area contributed by atoms with Crippen molar-refractivity contribution in [3.05, 3.63) is 94.6 Å². The normalized spacial score (nSPS) is 12.6. The van der Waals surface area contributed by atoms with Crippen molar-refractivity contribution in [2.24, 2.45) is 0 Å². The molecule has 0 saturated heterocycles. The molecule has 5 nitrogen and oxygen atoms in total. The van der Waals surface area contributed by atoms with Crippen molar-refractivity contribution in [3.8, 4) is 16.2 Å². The first-order valence-corrected chi connectivity index (χ1v) is 12.8. The molecule has 0 aliphatic heterocycles. The highest BCUT2D eigenvalue weighted by Gasteiger charge is 2.24. The van der Waals surface area contributed by atoms with Gasteiger partial charge in [-0.15, -0.1) is 11.3 Å². The lowest BCUT2D eigenvalue weighted by Gasteiger charge is -2.16. The van der Waals surface area contributed by atoms with Crippen molar-refractivity contribution in [1.29, 1.82) is 0 Å². The van der Waals surface area contributed by atoms with Gasteiger partial charge >= 0.3 is 0 Å². The second kappa shape index (κ2) is 7.93. The van der Waals surface area contributed by atoms with Crippen LogP contribution in [0.2, 0.25) is 0 Å². The summed E-state index contributed by atoms with van der Waals surface area (Å²) >= 11 is 1.57. The minimum absolute atomic E-state index is 0.0822. The number of ether oxygens (including phenoxy) is 1. The fourth-order valence-corrected chi connectivity index (χ4v) is 6.64. The summed E-state index contributed by atoms with van der Waals surface area (Å²) in [5, 5.41) is 5.32. The number of fused-ring (bicyclic) bond motifs is 8. The van der Waals surface area contributed by atoms with Crippen LogP contribution >= 0.6 is 11.3 Å². The van der Waals surface area contributed by atoms with Crippen molar-refractivity contribution in [3.63, 3.8) is 0 Å². The summed E-state index contributed by atoms with van der Waals surface area (Å²) in [5.41, 5.74) is 7.47. The SMILES string of the molecule is COc1ccc2c(c1)CCc1cc(C(=O)Nc3c4ccccc4n4c(C)nc5ccccc5c34)sc1-2. The number of para-hydroxylation sites is 2. The molecule has 0 unspecified atom stereocenters. The van der Waals surface area contributed by atoms with E-state index in [1.54, 1.807) is 18.4 Å². The molecule has 6 aromatic rings. The first kappa shape index (κ1) is 21.1. The third-order valence-electron chi connectivity index (χ3n) is 7.13. The van der Waals surface area contributed by atoms with Crippen molar-refractivity contribution in [2.75, 3.05) is 12.4 Å². The summed E-state index contributed by atoms with van der Waals surface area (Å²) in [5.74, 6) is 1.68. The number of aryl methyl sites for hydroxylation is 3. The molecule has 3 aromatic carbocycles. The highest BCUT2D eigenvalue weighted by atomic mass is 32.1. The lowest BCUT2D eigenvalue weighted by molar-refractivity contribution is 0.103. The second-order valence-electron chi connectivity index (χ2n) is 9.19. The number of methoxy groups -OCH3 is 1. The molecule has 0 radical (unpaired) electrons. The van der Waals surface area contributed by atoms with E-state index < -0.39 is 0 Å². The predicted molar refractivity (Wildman–Crippen MR) is 147 cm³/mol. The molecule has 3 heterocycles. The number of amides is 1. The van der Waals surface area contributed by atoms with Gasteiger partial charge in [0.1, 0.15) is 11.6 Å². The average molecular weight is 490 g/mol. The Morgan fingerprint density at radius 2 is 1.75 bits per heavy atom. The molecule has 36 heavy (non-hydrogen) atoms. The minimum Gasteiger partial charge on any atom is -0.497 e. The van der Waals surface area contributed by atoms with Gasteiger partial charge in [-0.25, -0.2) is 4.98 Å². The van der Waals surface area contributed by atoms with Crippen LogP contribution in [0.3, 0.4) is 0 Å². The maximum absolute atomic E-state index is 13.7. The molecule has 0 spiro atoms. The Bertz CT molecular complexity index is 1850. The Morgan fingerprint density at radius 3 is 2.61 bits per heavy atom. The molecule has 1 aliphatic carbocycles. The van der Waals surface area contributed by atoms with Gasteiger partial charge in [-0.3, -0.25) is 9.20 Å². The van der Waals surface area contributed by atoms with Crippen LogP contribution in [-0.2, 0) is 12.8 Å². The van der Waals surface area contributed by atoms with Gasteiger partial charge < -0.3 is 10.1 Å². The molecule has 1 amide bonds. The van der Waals surface area contributed by atoms with Gasteiger partial charge in [0.15, 0.2) is 0 Å². The van der Waals surface area contributed by atoms with Crippen molar-refractivity contribution < 1.29 is 9.53 Å². The van der Waals surface area contributed by atoms with Gasteiger partial charge in [0.05, 0.1) is 34.2 Å². The number of nitrogens with one attached hydrogen (secondary N) is 1. The monoisotopic (exact) mass is 489 g/mol. The zero-order chi connectivity index (χ0) is 24.4. The Morgan fingerprint density at radius 1 is 0.972 bits per heavy atom. The predicted octanol–water partition coefficient (Wildman–Crippen LogP) is 7.04. The summed E-state index contributed by atoms with van der Waals surface area (Å²) in [6.45, 7) is 2.01. The van der Waals surface area contributed by atoms with Crippen LogP contribution in [0.4, 0.5) is 5.69 Å². The lowest BCUT2D eigenvalue weighted by Crippen LogP contribution is -2.10. The van der Waals surface area contributed by atoms with Gasteiger partial charge in [-0.1, -0.05) is 36.4 Å². The van der Waals surface area contributed by atoms with E-state index in [2.05, 4.69) is 46.1 Å². The summed E-state index contributed by atoms with van der Waals surface area (Å²) in [7, 11) is 1.69. The van der Waals surface area contributed by atoms with Crippen LogP contribution in [0.5, 0.6) is 5.75 Å². The lowest BCUT2D eigenvalue weighted by atomic mass is 9.91. The van der Waals surface area contributed by atoms with Crippen molar-refractivity contribution in [2.45, 2.75) is 19.8 Å². The number of hydrogen-bond donors (Lipinski definition) is 1. The molecule has 1 N–H and O–H groups in total. The van der Waals surface area contributed by atoms with E-state index in [9.17, 15) is 4.79 Å². The molecule has 7 rings (SSSR count). The van der Waals surface area contributed by atoms with E-state index in [0.717, 1.165) is 62.3 Å². The van der Waals surface area contributed by atoms with Crippen LogP contribution in [-0.4, -0.2) is 22.4 Å². The number of thiophene rings is 1. The van der Waals surface area contributed by atoms with Gasteiger partial charge in [0.25, 0.3) is 5.91 Å². The van der Waals surface area contributed by atoms with E-state index in [4.69, 9.17) is 9.72 Å². The molecule has 0 saturated carbocycles. The van der Waals surface area contributed by atoms with Gasteiger partial charge in [-0.2, -0.15) is 0 Å². The van der Waals surface area contributed by atoms with Gasteiger partial charge in [0.2, 0.25) is 0 Å². The average Bonchev–Trinajstić information content (AvgIpc) is 3.49. The Kier molecular flexibility index (Phi) is 4.66. The molecule has 1 aliphatic rings. The number of carbonyl (C=O) groups excluding carboxylic acids is 1. The smallest absolute Gasteiger partial charge is 0.265 e. The fraction of sp³-hybridized carbons (Fsp3) is 0.133. The van der Waals surface area contributed by atoms with E-state index in [0.29, 0.717) is 0 Å². The molecule has 0 atom stereocenters. The number of rotatable bonds is 3. The molecular weight excluding hydrogens is 466 g/mol. The topological polar surface area (TPSA) is 55.6 Å². The van der Waals surface area contributed by atoms with Crippen molar-refractivity contribution >= 4 is 50.3 Å². The van der Waals surface area contributed by atoms with Gasteiger partial charge in [-0.05, 0) is 72.9 Å².